The van der Waals surface area contributed by atoms with E-state index in [0.717, 1.165) is 35.7 Å². The molecule has 1 amide bonds. The predicted molar refractivity (Wildman–Crippen MR) is 102 cm³/mol. The summed E-state index contributed by atoms with van der Waals surface area (Å²) in [6.45, 7) is 3.43. The normalized spacial score (nSPS) is 10.3. The van der Waals surface area contributed by atoms with E-state index in [1.54, 1.807) is 0 Å². The number of hydrogen-bond donors (Lipinski definition) is 1. The Kier molecular flexibility index (Phi) is 6.90. The first kappa shape index (κ1) is 20.4. The number of amides is 1. The Morgan fingerprint density at radius 1 is 1.15 bits per heavy atom. The fourth-order valence-electron chi connectivity index (χ4n) is 2.57. The van der Waals surface area contributed by atoms with Gasteiger partial charge in [-0.1, -0.05) is 43.6 Å². The van der Waals surface area contributed by atoms with E-state index < -0.39 is 23.4 Å². The van der Waals surface area contributed by atoms with Gasteiger partial charge in [0, 0.05) is 17.8 Å². The summed E-state index contributed by atoms with van der Waals surface area (Å²) < 4.78 is 4.97. The highest BCUT2D eigenvalue weighted by Gasteiger charge is 2.18. The van der Waals surface area contributed by atoms with Crippen LogP contribution in [0.5, 0.6) is 0 Å². The quantitative estimate of drug-likeness (QED) is 0.434. The van der Waals surface area contributed by atoms with Crippen molar-refractivity contribution in [1.82, 2.24) is 0 Å². The maximum absolute atomic E-state index is 12.2. The predicted octanol–water partition coefficient (Wildman–Crippen LogP) is 4.17. The van der Waals surface area contributed by atoms with Crippen LogP contribution in [0.2, 0.25) is 5.02 Å². The molecule has 27 heavy (non-hydrogen) atoms. The van der Waals surface area contributed by atoms with Crippen molar-refractivity contribution < 1.29 is 19.2 Å². The van der Waals surface area contributed by atoms with Crippen LogP contribution in [0.3, 0.4) is 0 Å². The molecule has 0 spiro atoms. The second-order valence-corrected chi connectivity index (χ2v) is 6.11. The number of nitrogens with zero attached hydrogens (tertiary/aromatic N) is 1. The molecule has 0 unspecified atom stereocenters. The number of carbonyl (C=O) groups is 2. The van der Waals surface area contributed by atoms with Crippen molar-refractivity contribution in [2.24, 2.45) is 0 Å². The molecular formula is C19H19ClN2O5. The first-order chi connectivity index (χ1) is 12.9. The van der Waals surface area contributed by atoms with Gasteiger partial charge in [0.25, 0.3) is 11.6 Å². The summed E-state index contributed by atoms with van der Waals surface area (Å²) in [5.74, 6) is -1.40. The number of ether oxygens (including phenoxy) is 1. The maximum atomic E-state index is 12.2. The van der Waals surface area contributed by atoms with Gasteiger partial charge in [0.15, 0.2) is 6.61 Å². The van der Waals surface area contributed by atoms with Gasteiger partial charge in [-0.15, -0.1) is 0 Å². The lowest BCUT2D eigenvalue weighted by Gasteiger charge is -2.14. The number of carbonyl (C=O) groups excluding carboxylic acids is 2. The van der Waals surface area contributed by atoms with Gasteiger partial charge < -0.3 is 10.1 Å². The van der Waals surface area contributed by atoms with Gasteiger partial charge in [-0.25, -0.2) is 4.79 Å². The number of nitro groups is 1. The zero-order valence-electron chi connectivity index (χ0n) is 15.0. The van der Waals surface area contributed by atoms with E-state index in [4.69, 9.17) is 16.3 Å². The summed E-state index contributed by atoms with van der Waals surface area (Å²) in [6.07, 6.45) is 1.49. The highest BCUT2D eigenvalue weighted by Crippen LogP contribution is 2.24. The number of halogens is 1. The minimum absolute atomic E-state index is 0.00982. The molecule has 2 rings (SSSR count). The number of rotatable bonds is 7. The standard InChI is InChI=1S/C19H19ClN2O5/c1-3-12-6-5-7-13(4-2)18(12)21-17(23)11-27-19(24)15-10-14(22(25)26)8-9-16(15)20/h5-10H,3-4,11H2,1-2H3,(H,21,23). The Morgan fingerprint density at radius 3 is 2.33 bits per heavy atom. The molecule has 0 saturated heterocycles. The van der Waals surface area contributed by atoms with Crippen molar-refractivity contribution in [1.29, 1.82) is 0 Å². The van der Waals surface area contributed by atoms with Gasteiger partial charge in [-0.3, -0.25) is 14.9 Å². The molecule has 0 aliphatic heterocycles. The molecular weight excluding hydrogens is 372 g/mol. The number of esters is 1. The van der Waals surface area contributed by atoms with E-state index in [-0.39, 0.29) is 16.3 Å². The molecule has 0 aliphatic carbocycles. The fourth-order valence-corrected chi connectivity index (χ4v) is 2.77. The SMILES string of the molecule is CCc1cccc(CC)c1NC(=O)COC(=O)c1cc([N+](=O)[O-])ccc1Cl. The second kappa shape index (κ2) is 9.14. The van der Waals surface area contributed by atoms with Crippen LogP contribution >= 0.6 is 11.6 Å². The van der Waals surface area contributed by atoms with Crippen LogP contribution < -0.4 is 5.32 Å². The fraction of sp³-hybridized carbons (Fsp3) is 0.263. The van der Waals surface area contributed by atoms with Crippen LogP contribution in [-0.2, 0) is 22.4 Å². The summed E-state index contributed by atoms with van der Waals surface area (Å²) in [5.41, 5.74) is 2.23. The molecule has 2 aromatic rings. The molecule has 0 saturated carbocycles. The van der Waals surface area contributed by atoms with E-state index in [2.05, 4.69) is 5.32 Å². The van der Waals surface area contributed by atoms with E-state index >= 15 is 0 Å². The zero-order valence-corrected chi connectivity index (χ0v) is 15.7. The Hall–Kier alpha value is -2.93. The third-order valence-electron chi connectivity index (χ3n) is 3.98. The molecule has 0 radical (unpaired) electrons. The summed E-state index contributed by atoms with van der Waals surface area (Å²) in [6, 6.07) is 9.20. The molecule has 142 valence electrons. The number of aryl methyl sites for hydroxylation is 2. The minimum atomic E-state index is -0.904. The topological polar surface area (TPSA) is 98.5 Å². The minimum Gasteiger partial charge on any atom is -0.452 e. The Balaban J connectivity index is 2.07. The largest absolute Gasteiger partial charge is 0.452 e. The van der Waals surface area contributed by atoms with Gasteiger partial charge in [0.2, 0.25) is 0 Å². The molecule has 0 heterocycles. The maximum Gasteiger partial charge on any atom is 0.340 e. The smallest absolute Gasteiger partial charge is 0.340 e. The number of nitrogens with one attached hydrogen (secondary N) is 1. The number of nitro benzene ring substituents is 1. The van der Waals surface area contributed by atoms with Crippen LogP contribution in [0.4, 0.5) is 11.4 Å². The van der Waals surface area contributed by atoms with Crippen molar-refractivity contribution in [3.05, 3.63) is 68.2 Å². The summed E-state index contributed by atoms with van der Waals surface area (Å²) in [7, 11) is 0. The number of anilines is 1. The number of hydrogen-bond acceptors (Lipinski definition) is 5. The van der Waals surface area contributed by atoms with Crippen LogP contribution in [-0.4, -0.2) is 23.4 Å². The molecule has 0 aliphatic rings. The Labute approximate surface area is 161 Å². The van der Waals surface area contributed by atoms with Gasteiger partial charge >= 0.3 is 5.97 Å². The zero-order chi connectivity index (χ0) is 20.0. The molecule has 0 aromatic heterocycles. The Bertz CT molecular complexity index is 860. The molecule has 0 bridgehead atoms. The number of non-ortho nitro benzene ring substituents is 1. The van der Waals surface area contributed by atoms with Crippen molar-refractivity contribution in [3.63, 3.8) is 0 Å². The molecule has 0 atom stereocenters. The van der Waals surface area contributed by atoms with Gasteiger partial charge in [0.1, 0.15) is 0 Å². The third kappa shape index (κ3) is 5.04. The highest BCUT2D eigenvalue weighted by molar-refractivity contribution is 6.33. The van der Waals surface area contributed by atoms with E-state index in [1.165, 1.54) is 12.1 Å². The molecule has 0 fully saturated rings. The lowest BCUT2D eigenvalue weighted by Crippen LogP contribution is -2.22. The van der Waals surface area contributed by atoms with Crippen molar-refractivity contribution in [3.8, 4) is 0 Å². The molecule has 7 nitrogen and oxygen atoms in total. The van der Waals surface area contributed by atoms with E-state index in [0.29, 0.717) is 0 Å². The first-order valence-corrected chi connectivity index (χ1v) is 8.76. The van der Waals surface area contributed by atoms with Crippen LogP contribution in [0.1, 0.15) is 35.3 Å². The second-order valence-electron chi connectivity index (χ2n) is 5.70. The lowest BCUT2D eigenvalue weighted by atomic mass is 10.0. The number of para-hydroxylation sites is 1. The van der Waals surface area contributed by atoms with E-state index in [9.17, 15) is 19.7 Å². The van der Waals surface area contributed by atoms with Crippen molar-refractivity contribution >= 4 is 34.9 Å². The summed E-state index contributed by atoms with van der Waals surface area (Å²) >= 11 is 5.90. The third-order valence-corrected chi connectivity index (χ3v) is 4.31. The van der Waals surface area contributed by atoms with Crippen LogP contribution in [0.15, 0.2) is 36.4 Å². The van der Waals surface area contributed by atoms with Gasteiger partial charge in [-0.05, 0) is 30.0 Å². The monoisotopic (exact) mass is 390 g/mol. The molecule has 8 heteroatoms. The average Bonchev–Trinajstić information content (AvgIpc) is 2.66. The molecule has 1 N–H and O–H groups in total. The number of benzene rings is 2. The van der Waals surface area contributed by atoms with E-state index in [1.807, 2.05) is 32.0 Å². The average molecular weight is 391 g/mol. The lowest BCUT2D eigenvalue weighted by molar-refractivity contribution is -0.384. The van der Waals surface area contributed by atoms with Crippen molar-refractivity contribution in [2.45, 2.75) is 26.7 Å². The molecule has 2 aromatic carbocycles. The summed E-state index contributed by atoms with van der Waals surface area (Å²) in [4.78, 5) is 34.5. The summed E-state index contributed by atoms with van der Waals surface area (Å²) in [5, 5.41) is 13.6. The first-order valence-electron chi connectivity index (χ1n) is 8.39. The van der Waals surface area contributed by atoms with Crippen molar-refractivity contribution in [2.75, 3.05) is 11.9 Å². The van der Waals surface area contributed by atoms with Crippen LogP contribution in [0.25, 0.3) is 0 Å². The van der Waals surface area contributed by atoms with Gasteiger partial charge in [-0.2, -0.15) is 0 Å². The van der Waals surface area contributed by atoms with Crippen LogP contribution in [0, 0.1) is 10.1 Å². The Morgan fingerprint density at radius 2 is 1.78 bits per heavy atom. The van der Waals surface area contributed by atoms with Gasteiger partial charge in [0.05, 0.1) is 15.5 Å². The highest BCUT2D eigenvalue weighted by atomic mass is 35.5.